The van der Waals surface area contributed by atoms with Gasteiger partial charge in [0.15, 0.2) is 5.13 Å². The second-order valence-electron chi connectivity index (χ2n) is 4.78. The standard InChI is InChI=1S/C18H13IN2OS/c19-15-9-7-14(8-10-15)16-12-23-18(20-16)21-17(22)11-6-13-4-2-1-3-5-13/h1-12H,(H,20,21,22)/b11-6+. The summed E-state index contributed by atoms with van der Waals surface area (Å²) in [5.74, 6) is -0.183. The molecule has 0 fully saturated rings. The molecule has 1 aromatic heterocycles. The number of carbonyl (C=O) groups excluding carboxylic acids is 1. The highest BCUT2D eigenvalue weighted by Gasteiger charge is 2.06. The highest BCUT2D eigenvalue weighted by atomic mass is 127. The first kappa shape index (κ1) is 15.9. The number of rotatable bonds is 4. The predicted octanol–water partition coefficient (Wildman–Crippen LogP) is 5.07. The van der Waals surface area contributed by atoms with Crippen molar-refractivity contribution in [1.29, 1.82) is 0 Å². The fourth-order valence-electron chi connectivity index (χ4n) is 1.97. The van der Waals surface area contributed by atoms with Crippen molar-refractivity contribution in [3.8, 4) is 11.3 Å². The van der Waals surface area contributed by atoms with Gasteiger partial charge in [0.25, 0.3) is 0 Å². The van der Waals surface area contributed by atoms with Crippen LogP contribution in [0.25, 0.3) is 17.3 Å². The van der Waals surface area contributed by atoms with Gasteiger partial charge in [0.05, 0.1) is 5.69 Å². The van der Waals surface area contributed by atoms with Crippen molar-refractivity contribution >= 4 is 51.0 Å². The Morgan fingerprint density at radius 1 is 1.09 bits per heavy atom. The highest BCUT2D eigenvalue weighted by molar-refractivity contribution is 14.1. The van der Waals surface area contributed by atoms with Crippen LogP contribution in [0.2, 0.25) is 0 Å². The van der Waals surface area contributed by atoms with Crippen molar-refractivity contribution in [3.05, 3.63) is 75.2 Å². The summed E-state index contributed by atoms with van der Waals surface area (Å²) in [4.78, 5) is 16.4. The maximum absolute atomic E-state index is 11.9. The predicted molar refractivity (Wildman–Crippen MR) is 104 cm³/mol. The molecule has 114 valence electrons. The van der Waals surface area contributed by atoms with Gasteiger partial charge in [-0.3, -0.25) is 10.1 Å². The molecule has 3 aromatic rings. The zero-order valence-corrected chi connectivity index (χ0v) is 15.0. The third kappa shape index (κ3) is 4.49. The number of hydrogen-bond acceptors (Lipinski definition) is 3. The molecular weight excluding hydrogens is 419 g/mol. The molecule has 2 aromatic carbocycles. The van der Waals surface area contributed by atoms with Crippen molar-refractivity contribution in [3.63, 3.8) is 0 Å². The Labute approximate surface area is 152 Å². The minimum Gasteiger partial charge on any atom is -0.298 e. The maximum atomic E-state index is 11.9. The van der Waals surface area contributed by atoms with E-state index in [0.717, 1.165) is 16.8 Å². The van der Waals surface area contributed by atoms with E-state index in [1.165, 1.54) is 21.0 Å². The SMILES string of the molecule is O=C(/C=C/c1ccccc1)Nc1nc(-c2ccc(I)cc2)cs1. The number of anilines is 1. The number of carbonyl (C=O) groups is 1. The lowest BCUT2D eigenvalue weighted by molar-refractivity contribution is -0.111. The smallest absolute Gasteiger partial charge is 0.250 e. The summed E-state index contributed by atoms with van der Waals surface area (Å²) >= 11 is 3.69. The molecule has 23 heavy (non-hydrogen) atoms. The van der Waals surface area contributed by atoms with E-state index in [9.17, 15) is 4.79 Å². The Bertz CT molecular complexity index is 826. The van der Waals surface area contributed by atoms with E-state index < -0.39 is 0 Å². The second-order valence-corrected chi connectivity index (χ2v) is 6.88. The van der Waals surface area contributed by atoms with Crippen LogP contribution in [-0.4, -0.2) is 10.9 Å². The largest absolute Gasteiger partial charge is 0.298 e. The molecular formula is C18H13IN2OS. The van der Waals surface area contributed by atoms with Gasteiger partial charge in [-0.05, 0) is 46.4 Å². The van der Waals surface area contributed by atoms with Crippen LogP contribution >= 0.6 is 33.9 Å². The van der Waals surface area contributed by atoms with Gasteiger partial charge >= 0.3 is 0 Å². The number of thiazole rings is 1. The average molecular weight is 432 g/mol. The topological polar surface area (TPSA) is 42.0 Å². The van der Waals surface area contributed by atoms with Crippen LogP contribution in [0.15, 0.2) is 66.1 Å². The Morgan fingerprint density at radius 3 is 2.57 bits per heavy atom. The molecule has 1 N–H and O–H groups in total. The van der Waals surface area contributed by atoms with E-state index in [1.807, 2.05) is 60.0 Å². The minimum absolute atomic E-state index is 0.183. The van der Waals surface area contributed by atoms with E-state index in [-0.39, 0.29) is 5.91 Å². The van der Waals surface area contributed by atoms with Gasteiger partial charge in [-0.1, -0.05) is 42.5 Å². The summed E-state index contributed by atoms with van der Waals surface area (Å²) in [6, 6.07) is 17.8. The third-order valence-electron chi connectivity index (χ3n) is 3.10. The first-order chi connectivity index (χ1) is 11.2. The summed E-state index contributed by atoms with van der Waals surface area (Å²) in [7, 11) is 0. The van der Waals surface area contributed by atoms with Crippen molar-refractivity contribution < 1.29 is 4.79 Å². The molecule has 0 aliphatic rings. The van der Waals surface area contributed by atoms with Gasteiger partial charge in [0.2, 0.25) is 5.91 Å². The van der Waals surface area contributed by atoms with Crippen molar-refractivity contribution in [2.75, 3.05) is 5.32 Å². The normalized spacial score (nSPS) is 10.8. The number of hydrogen-bond donors (Lipinski definition) is 1. The van der Waals surface area contributed by atoms with Crippen LogP contribution in [-0.2, 0) is 4.79 Å². The minimum atomic E-state index is -0.183. The zero-order valence-electron chi connectivity index (χ0n) is 12.1. The lowest BCUT2D eigenvalue weighted by Gasteiger charge is -1.98. The van der Waals surface area contributed by atoms with E-state index >= 15 is 0 Å². The monoisotopic (exact) mass is 432 g/mol. The average Bonchev–Trinajstić information content (AvgIpc) is 3.03. The molecule has 0 atom stereocenters. The molecule has 1 heterocycles. The summed E-state index contributed by atoms with van der Waals surface area (Å²) < 4.78 is 1.18. The molecule has 1 amide bonds. The molecule has 0 aliphatic carbocycles. The Morgan fingerprint density at radius 2 is 1.83 bits per heavy atom. The summed E-state index contributed by atoms with van der Waals surface area (Å²) in [5.41, 5.74) is 2.90. The first-order valence-corrected chi connectivity index (χ1v) is 8.92. The molecule has 5 heteroatoms. The van der Waals surface area contributed by atoms with Gasteiger partial charge in [-0.2, -0.15) is 0 Å². The lowest BCUT2D eigenvalue weighted by atomic mass is 10.2. The fourth-order valence-corrected chi connectivity index (χ4v) is 3.05. The third-order valence-corrected chi connectivity index (χ3v) is 4.58. The molecule has 0 bridgehead atoms. The molecule has 0 aliphatic heterocycles. The molecule has 0 saturated heterocycles. The van der Waals surface area contributed by atoms with Crippen LogP contribution in [0.5, 0.6) is 0 Å². The van der Waals surface area contributed by atoms with E-state index in [2.05, 4.69) is 32.9 Å². The van der Waals surface area contributed by atoms with Gasteiger partial charge < -0.3 is 0 Å². The van der Waals surface area contributed by atoms with Crippen LogP contribution in [0.4, 0.5) is 5.13 Å². The van der Waals surface area contributed by atoms with Gasteiger partial charge in [-0.25, -0.2) is 4.98 Å². The summed E-state index contributed by atoms with van der Waals surface area (Å²) in [5, 5.41) is 5.34. The molecule has 0 unspecified atom stereocenters. The molecule has 0 spiro atoms. The Balaban J connectivity index is 1.66. The molecule has 0 saturated carbocycles. The number of aromatic nitrogens is 1. The van der Waals surface area contributed by atoms with Crippen LogP contribution < -0.4 is 5.32 Å². The highest BCUT2D eigenvalue weighted by Crippen LogP contribution is 2.25. The number of nitrogens with one attached hydrogen (secondary N) is 1. The fraction of sp³-hybridized carbons (Fsp3) is 0. The molecule has 3 nitrogen and oxygen atoms in total. The maximum Gasteiger partial charge on any atom is 0.250 e. The first-order valence-electron chi connectivity index (χ1n) is 6.96. The number of nitrogens with zero attached hydrogens (tertiary/aromatic N) is 1. The molecule has 0 radical (unpaired) electrons. The van der Waals surface area contributed by atoms with Gasteiger partial charge in [0.1, 0.15) is 0 Å². The van der Waals surface area contributed by atoms with Crippen molar-refractivity contribution in [2.24, 2.45) is 0 Å². The number of halogens is 1. The van der Waals surface area contributed by atoms with Crippen molar-refractivity contribution in [1.82, 2.24) is 4.98 Å². The van der Waals surface area contributed by atoms with Gasteiger partial charge in [-0.15, -0.1) is 11.3 Å². The lowest BCUT2D eigenvalue weighted by Crippen LogP contribution is -2.07. The number of benzene rings is 2. The van der Waals surface area contributed by atoms with Crippen LogP contribution in [0.3, 0.4) is 0 Å². The van der Waals surface area contributed by atoms with E-state index in [1.54, 1.807) is 6.08 Å². The Hall–Kier alpha value is -1.99. The van der Waals surface area contributed by atoms with Gasteiger partial charge in [0, 0.05) is 20.6 Å². The zero-order chi connectivity index (χ0) is 16.1. The van der Waals surface area contributed by atoms with Crippen molar-refractivity contribution in [2.45, 2.75) is 0 Å². The Kier molecular flexibility index (Phi) is 5.19. The van der Waals surface area contributed by atoms with Crippen LogP contribution in [0.1, 0.15) is 5.56 Å². The number of amides is 1. The van der Waals surface area contributed by atoms with E-state index in [0.29, 0.717) is 5.13 Å². The summed E-state index contributed by atoms with van der Waals surface area (Å²) in [6.45, 7) is 0. The summed E-state index contributed by atoms with van der Waals surface area (Å²) in [6.07, 6.45) is 3.30. The van der Waals surface area contributed by atoms with Crippen LogP contribution in [0, 0.1) is 3.57 Å². The van der Waals surface area contributed by atoms with E-state index in [4.69, 9.17) is 0 Å². The second kappa shape index (κ2) is 7.52. The molecule has 3 rings (SSSR count). The quantitative estimate of drug-likeness (QED) is 0.462.